The Morgan fingerprint density at radius 3 is 1.55 bits per heavy atom. The smallest absolute Gasteiger partial charge is 0.179 e. The Labute approximate surface area is 180 Å². The lowest BCUT2D eigenvalue weighted by Crippen LogP contribution is -2.50. The molecule has 0 aliphatic carbocycles. The van der Waals surface area contributed by atoms with Gasteiger partial charge in [-0.1, -0.05) is 71.0 Å². The van der Waals surface area contributed by atoms with E-state index in [4.69, 9.17) is 9.38 Å². The molecule has 0 fully saturated rings. The van der Waals surface area contributed by atoms with E-state index in [2.05, 4.69) is 65.0 Å². The van der Waals surface area contributed by atoms with E-state index in [0.29, 0.717) is 5.56 Å². The summed E-state index contributed by atoms with van der Waals surface area (Å²) in [5.74, 6) is 0. The first kappa shape index (κ1) is 23.6. The highest BCUT2D eigenvalue weighted by atomic mass is 28.4. The largest absolute Gasteiger partial charge is 0.455 e. The molecule has 4 heteroatoms. The topological polar surface area (TPSA) is 33.0 Å². The third kappa shape index (κ3) is 5.91. The van der Waals surface area contributed by atoms with Crippen molar-refractivity contribution in [3.8, 4) is 17.2 Å². The van der Waals surface area contributed by atoms with Crippen LogP contribution < -0.4 is 0 Å². The van der Waals surface area contributed by atoms with Gasteiger partial charge in [0.25, 0.3) is 0 Å². The van der Waals surface area contributed by atoms with Gasteiger partial charge >= 0.3 is 0 Å². The summed E-state index contributed by atoms with van der Waals surface area (Å²) < 4.78 is 7.16. The van der Waals surface area contributed by atoms with E-state index in [1.54, 1.807) is 0 Å². The second-order valence-corrected chi connectivity index (χ2v) is 17.7. The van der Waals surface area contributed by atoms with E-state index < -0.39 is 16.6 Å². The molecular weight excluding hydrogens is 386 g/mol. The van der Waals surface area contributed by atoms with Crippen molar-refractivity contribution in [3.63, 3.8) is 0 Å². The summed E-state index contributed by atoms with van der Waals surface area (Å²) in [5.41, 5.74) is 4.48. The summed E-state index contributed by atoms with van der Waals surface area (Å²) in [6.07, 6.45) is 1.11. The van der Waals surface area contributed by atoms with Crippen LogP contribution in [0.15, 0.2) is 48.5 Å². The average molecular weight is 424 g/mol. The summed E-state index contributed by atoms with van der Waals surface area (Å²) in [5, 5.41) is 8.96. The van der Waals surface area contributed by atoms with Gasteiger partial charge in [0.05, 0.1) is 11.6 Å². The van der Waals surface area contributed by atoms with Crippen molar-refractivity contribution in [2.45, 2.75) is 77.3 Å². The molecule has 0 saturated carbocycles. The van der Waals surface area contributed by atoms with Gasteiger partial charge in [-0.15, -0.1) is 0 Å². The maximum atomic E-state index is 8.96. The molecule has 156 valence electrons. The van der Waals surface area contributed by atoms with Gasteiger partial charge in [-0.3, -0.25) is 0 Å². The van der Waals surface area contributed by atoms with E-state index in [1.165, 1.54) is 47.4 Å². The molecule has 29 heavy (non-hydrogen) atoms. The minimum Gasteiger partial charge on any atom is -0.455 e. The third-order valence-electron chi connectivity index (χ3n) is 6.83. The van der Waals surface area contributed by atoms with Gasteiger partial charge in [0.2, 0.25) is 0 Å². The molecule has 0 spiro atoms. The van der Waals surface area contributed by atoms with Gasteiger partial charge in [-0.25, -0.2) is 0 Å². The number of hydrogen-bond donors (Lipinski definition) is 0. The minimum atomic E-state index is -1.68. The van der Waals surface area contributed by atoms with Crippen molar-refractivity contribution in [3.05, 3.63) is 59.7 Å². The molecule has 0 aliphatic heterocycles. The Kier molecular flexibility index (Phi) is 8.88. The number of nitrogens with zero attached hydrogens (tertiary/aromatic N) is 1. The van der Waals surface area contributed by atoms with Crippen LogP contribution in [0.25, 0.3) is 11.1 Å². The number of benzene rings is 2. The highest BCUT2D eigenvalue weighted by Gasteiger charge is 2.40. The number of rotatable bonds is 11. The summed E-state index contributed by atoms with van der Waals surface area (Å²) >= 11 is 0. The average Bonchev–Trinajstić information content (AvgIpc) is 2.80. The first-order chi connectivity index (χ1) is 14.0. The molecule has 0 bridgehead atoms. The van der Waals surface area contributed by atoms with Crippen LogP contribution in [0.2, 0.25) is 36.3 Å². The quantitative estimate of drug-likeness (QED) is 0.346. The molecule has 2 nitrogen and oxygen atoms in total. The second-order valence-electron chi connectivity index (χ2n) is 8.12. The summed E-state index contributed by atoms with van der Waals surface area (Å²) in [7, 11) is -3.24. The van der Waals surface area contributed by atoms with Crippen LogP contribution in [0.4, 0.5) is 0 Å². The molecule has 0 aliphatic rings. The molecule has 2 aromatic carbocycles. The lowest BCUT2D eigenvalue weighted by molar-refractivity contribution is 0.506. The Hall–Kier alpha value is -1.68. The first-order valence-corrected chi connectivity index (χ1v) is 16.3. The van der Waals surface area contributed by atoms with Gasteiger partial charge in [0, 0.05) is 0 Å². The van der Waals surface area contributed by atoms with Crippen molar-refractivity contribution in [1.82, 2.24) is 0 Å². The highest BCUT2D eigenvalue weighted by Crippen LogP contribution is 2.33. The van der Waals surface area contributed by atoms with Crippen molar-refractivity contribution in [2.75, 3.05) is 0 Å². The summed E-state index contributed by atoms with van der Waals surface area (Å²) in [6.45, 7) is 11.7. The molecule has 0 saturated heterocycles. The Morgan fingerprint density at radius 2 is 1.14 bits per heavy atom. The van der Waals surface area contributed by atoms with Crippen LogP contribution >= 0.6 is 0 Å². The van der Waals surface area contributed by atoms with Gasteiger partial charge < -0.3 is 4.12 Å². The molecule has 0 amide bonds. The van der Waals surface area contributed by atoms with Crippen LogP contribution in [-0.4, -0.2) is 16.6 Å². The van der Waals surface area contributed by atoms with Crippen LogP contribution in [-0.2, 0) is 10.5 Å². The zero-order valence-corrected chi connectivity index (χ0v) is 20.9. The molecular formula is C25H37NOSi2. The third-order valence-corrected chi connectivity index (χ3v) is 17.9. The monoisotopic (exact) mass is 423 g/mol. The normalized spacial score (nSPS) is 12.0. The van der Waals surface area contributed by atoms with Crippen molar-refractivity contribution < 1.29 is 4.12 Å². The molecule has 0 heterocycles. The zero-order valence-electron chi connectivity index (χ0n) is 18.9. The van der Waals surface area contributed by atoms with Crippen LogP contribution in [0.3, 0.4) is 0 Å². The Balaban J connectivity index is 2.10. The van der Waals surface area contributed by atoms with Crippen molar-refractivity contribution in [1.29, 1.82) is 5.26 Å². The van der Waals surface area contributed by atoms with E-state index >= 15 is 0 Å². The Bertz CT molecular complexity index is 777. The van der Waals surface area contributed by atoms with E-state index in [1.807, 2.05) is 24.3 Å². The summed E-state index contributed by atoms with van der Waals surface area (Å²) in [6, 6.07) is 26.4. The lowest BCUT2D eigenvalue weighted by Gasteiger charge is -2.41. The van der Waals surface area contributed by atoms with Crippen LogP contribution in [0.1, 0.15) is 45.7 Å². The zero-order chi connectivity index (χ0) is 21.3. The standard InChI is InChI=1S/C25H37NOSi2/c1-6-28(7-2,8-3)27-29(9-4,10-5)20-19-22-11-15-24(16-12-22)25-17-13-23(21-26)14-18-25/h11-18H,6-10,19-20H2,1-5H3. The number of aryl methyl sites for hydroxylation is 1. The highest BCUT2D eigenvalue weighted by molar-refractivity contribution is 6.87. The lowest BCUT2D eigenvalue weighted by atomic mass is 10.0. The predicted molar refractivity (Wildman–Crippen MR) is 130 cm³/mol. The van der Waals surface area contributed by atoms with E-state index in [-0.39, 0.29) is 0 Å². The fourth-order valence-electron chi connectivity index (χ4n) is 4.20. The molecule has 2 rings (SSSR count). The SMILES string of the molecule is CC[Si](CC)(CC)O[Si](CC)(CC)CCc1ccc(-c2ccc(C#N)cc2)cc1. The predicted octanol–water partition coefficient (Wildman–Crippen LogP) is 7.77. The fraction of sp³-hybridized carbons (Fsp3) is 0.480. The Morgan fingerprint density at radius 1 is 0.690 bits per heavy atom. The van der Waals surface area contributed by atoms with Crippen molar-refractivity contribution in [2.24, 2.45) is 0 Å². The van der Waals surface area contributed by atoms with Gasteiger partial charge in [0.1, 0.15) is 0 Å². The molecule has 0 radical (unpaired) electrons. The number of nitriles is 1. The maximum Gasteiger partial charge on any atom is 0.179 e. The van der Waals surface area contributed by atoms with Crippen molar-refractivity contribution >= 4 is 16.6 Å². The molecule has 0 N–H and O–H groups in total. The molecule has 0 unspecified atom stereocenters. The minimum absolute atomic E-state index is 0.705. The fourth-order valence-corrected chi connectivity index (χ4v) is 14.6. The summed E-state index contributed by atoms with van der Waals surface area (Å²) in [4.78, 5) is 0. The molecule has 0 aromatic heterocycles. The second kappa shape index (κ2) is 10.9. The van der Waals surface area contributed by atoms with E-state index in [9.17, 15) is 0 Å². The van der Waals surface area contributed by atoms with Crippen LogP contribution in [0, 0.1) is 11.3 Å². The molecule has 2 aromatic rings. The van der Waals surface area contributed by atoms with E-state index in [0.717, 1.165) is 12.0 Å². The maximum absolute atomic E-state index is 8.96. The number of hydrogen-bond acceptors (Lipinski definition) is 2. The molecule has 0 atom stereocenters. The van der Waals surface area contributed by atoms with Gasteiger partial charge in [-0.05, 0) is 71.5 Å². The van der Waals surface area contributed by atoms with Gasteiger partial charge in [-0.2, -0.15) is 5.26 Å². The van der Waals surface area contributed by atoms with Crippen LogP contribution in [0.5, 0.6) is 0 Å². The van der Waals surface area contributed by atoms with Gasteiger partial charge in [0.15, 0.2) is 16.6 Å². The first-order valence-electron chi connectivity index (χ1n) is 11.3.